The van der Waals surface area contributed by atoms with E-state index in [-0.39, 0.29) is 12.5 Å². The topological polar surface area (TPSA) is 60.5 Å². The highest BCUT2D eigenvalue weighted by Gasteiger charge is 2.14. The summed E-state index contributed by atoms with van der Waals surface area (Å²) < 4.78 is 1.94. The smallest absolute Gasteiger partial charge is 0.238 e. The van der Waals surface area contributed by atoms with Crippen molar-refractivity contribution in [2.45, 2.75) is 20.4 Å². The molecule has 132 valence electrons. The Balaban J connectivity index is 1.69. The number of carbonyl (C=O) groups is 1. The van der Waals surface area contributed by atoms with E-state index in [0.29, 0.717) is 12.1 Å². The van der Waals surface area contributed by atoms with E-state index >= 15 is 0 Å². The molecule has 5 nitrogen and oxygen atoms in total. The number of carbonyl (C=O) groups excluding carboxylic acids is 1. The molecule has 0 bridgehead atoms. The van der Waals surface area contributed by atoms with Gasteiger partial charge in [0, 0.05) is 30.2 Å². The highest BCUT2D eigenvalue weighted by molar-refractivity contribution is 5.93. The lowest BCUT2D eigenvalue weighted by Crippen LogP contribution is -2.30. The molecule has 26 heavy (non-hydrogen) atoms. The number of fused-ring (bicyclic) bond motifs is 1. The summed E-state index contributed by atoms with van der Waals surface area (Å²) in [5, 5.41) is 12.5. The molecule has 0 radical (unpaired) electrons. The molecular formula is C21H22N4O. The molecule has 1 N–H and O–H groups in total. The monoisotopic (exact) mass is 346 g/mol. The van der Waals surface area contributed by atoms with Crippen LogP contribution in [0.15, 0.2) is 48.8 Å². The number of pyridine rings is 1. The SMILES string of the molecule is Cc1cccc(NC(=O)CN(C)Cc2cn3ccccc3c2C#N)c1C. The third-order valence-electron chi connectivity index (χ3n) is 4.61. The van der Waals surface area contributed by atoms with Crippen molar-refractivity contribution in [1.29, 1.82) is 5.26 Å². The number of hydrogen-bond donors (Lipinski definition) is 1. The Bertz CT molecular complexity index is 997. The van der Waals surface area contributed by atoms with Crippen molar-refractivity contribution in [2.75, 3.05) is 18.9 Å². The van der Waals surface area contributed by atoms with Crippen molar-refractivity contribution in [3.63, 3.8) is 0 Å². The quantitative estimate of drug-likeness (QED) is 0.769. The van der Waals surface area contributed by atoms with Crippen LogP contribution in [-0.4, -0.2) is 28.8 Å². The molecule has 0 aliphatic heterocycles. The number of amides is 1. The van der Waals surface area contributed by atoms with Gasteiger partial charge in [0.1, 0.15) is 6.07 Å². The lowest BCUT2D eigenvalue weighted by atomic mass is 10.1. The third-order valence-corrected chi connectivity index (χ3v) is 4.61. The zero-order valence-corrected chi connectivity index (χ0v) is 15.3. The lowest BCUT2D eigenvalue weighted by Gasteiger charge is -2.17. The van der Waals surface area contributed by atoms with E-state index in [0.717, 1.165) is 27.9 Å². The van der Waals surface area contributed by atoms with Crippen LogP contribution < -0.4 is 5.32 Å². The minimum atomic E-state index is -0.0662. The van der Waals surface area contributed by atoms with Gasteiger partial charge in [0.25, 0.3) is 0 Å². The molecule has 0 atom stereocenters. The molecule has 0 aliphatic rings. The number of aryl methyl sites for hydroxylation is 1. The first-order valence-electron chi connectivity index (χ1n) is 8.53. The van der Waals surface area contributed by atoms with Crippen molar-refractivity contribution in [2.24, 2.45) is 0 Å². The van der Waals surface area contributed by atoms with Gasteiger partial charge >= 0.3 is 0 Å². The summed E-state index contributed by atoms with van der Waals surface area (Å²) in [5.41, 5.74) is 5.53. The summed E-state index contributed by atoms with van der Waals surface area (Å²) in [6.07, 6.45) is 3.87. The normalized spacial score (nSPS) is 10.9. The minimum absolute atomic E-state index is 0.0662. The molecular weight excluding hydrogens is 324 g/mol. The predicted molar refractivity (Wildman–Crippen MR) is 103 cm³/mol. The highest BCUT2D eigenvalue weighted by atomic mass is 16.2. The van der Waals surface area contributed by atoms with E-state index in [1.54, 1.807) is 0 Å². The molecule has 1 aromatic carbocycles. The van der Waals surface area contributed by atoms with E-state index in [1.807, 2.05) is 79.0 Å². The fraction of sp³-hybridized carbons (Fsp3) is 0.238. The largest absolute Gasteiger partial charge is 0.325 e. The lowest BCUT2D eigenvalue weighted by molar-refractivity contribution is -0.117. The van der Waals surface area contributed by atoms with Crippen LogP contribution in [-0.2, 0) is 11.3 Å². The van der Waals surface area contributed by atoms with Gasteiger partial charge < -0.3 is 9.72 Å². The fourth-order valence-electron chi connectivity index (χ4n) is 3.09. The standard InChI is InChI=1S/C21H22N4O/c1-15-7-6-8-19(16(15)2)23-21(26)14-24(3)12-17-13-25-10-5-4-9-20(25)18(17)11-22/h4-10,13H,12,14H2,1-3H3,(H,23,26). The molecule has 2 aromatic heterocycles. The van der Waals surface area contributed by atoms with E-state index in [9.17, 15) is 10.1 Å². The number of likely N-dealkylation sites (N-methyl/N-ethyl adjacent to an activating group) is 1. The summed E-state index contributed by atoms with van der Waals surface area (Å²) in [6, 6.07) is 13.9. The molecule has 1 amide bonds. The van der Waals surface area contributed by atoms with Crippen LogP contribution in [0.1, 0.15) is 22.3 Å². The molecule has 0 aliphatic carbocycles. The zero-order valence-electron chi connectivity index (χ0n) is 15.3. The van der Waals surface area contributed by atoms with Crippen LogP contribution in [0.5, 0.6) is 0 Å². The fourth-order valence-corrected chi connectivity index (χ4v) is 3.09. The van der Waals surface area contributed by atoms with E-state index < -0.39 is 0 Å². The summed E-state index contributed by atoms with van der Waals surface area (Å²) in [7, 11) is 1.88. The Morgan fingerprint density at radius 3 is 2.81 bits per heavy atom. The van der Waals surface area contributed by atoms with Gasteiger partial charge in [-0.3, -0.25) is 9.69 Å². The van der Waals surface area contributed by atoms with Gasteiger partial charge in [0.2, 0.25) is 5.91 Å². The molecule has 0 saturated carbocycles. The zero-order chi connectivity index (χ0) is 18.7. The van der Waals surface area contributed by atoms with Crippen molar-refractivity contribution < 1.29 is 4.79 Å². The summed E-state index contributed by atoms with van der Waals surface area (Å²) in [5.74, 6) is -0.0662. The summed E-state index contributed by atoms with van der Waals surface area (Å²) >= 11 is 0. The maximum Gasteiger partial charge on any atom is 0.238 e. The summed E-state index contributed by atoms with van der Waals surface area (Å²) in [6.45, 7) is 4.81. The van der Waals surface area contributed by atoms with Gasteiger partial charge in [0.05, 0.1) is 17.6 Å². The first-order valence-corrected chi connectivity index (χ1v) is 8.53. The van der Waals surface area contributed by atoms with Crippen molar-refractivity contribution >= 4 is 17.1 Å². The van der Waals surface area contributed by atoms with Gasteiger partial charge in [-0.1, -0.05) is 18.2 Å². The van der Waals surface area contributed by atoms with Gasteiger partial charge in [-0.25, -0.2) is 0 Å². The van der Waals surface area contributed by atoms with Gasteiger partial charge in [-0.15, -0.1) is 0 Å². The second kappa shape index (κ2) is 7.42. The molecule has 0 saturated heterocycles. The number of nitrogens with zero attached hydrogens (tertiary/aromatic N) is 3. The van der Waals surface area contributed by atoms with Gasteiger partial charge in [-0.2, -0.15) is 5.26 Å². The minimum Gasteiger partial charge on any atom is -0.325 e. The van der Waals surface area contributed by atoms with E-state index in [1.165, 1.54) is 0 Å². The highest BCUT2D eigenvalue weighted by Crippen LogP contribution is 2.20. The van der Waals surface area contributed by atoms with Crippen LogP contribution in [0.25, 0.3) is 5.52 Å². The number of aromatic nitrogens is 1. The maximum atomic E-state index is 12.4. The van der Waals surface area contributed by atoms with Gasteiger partial charge in [0.15, 0.2) is 0 Å². The van der Waals surface area contributed by atoms with Crippen LogP contribution in [0.4, 0.5) is 5.69 Å². The summed E-state index contributed by atoms with van der Waals surface area (Å²) in [4.78, 5) is 14.3. The molecule has 5 heteroatoms. The predicted octanol–water partition coefficient (Wildman–Crippen LogP) is 3.50. The molecule has 2 heterocycles. The number of anilines is 1. The average molecular weight is 346 g/mol. The number of rotatable bonds is 5. The van der Waals surface area contributed by atoms with Gasteiger partial charge in [-0.05, 0) is 50.2 Å². The van der Waals surface area contributed by atoms with Crippen LogP contribution in [0.2, 0.25) is 0 Å². The molecule has 3 rings (SSSR count). The van der Waals surface area contributed by atoms with E-state index in [2.05, 4.69) is 11.4 Å². The number of benzene rings is 1. The first-order chi connectivity index (χ1) is 12.5. The third kappa shape index (κ3) is 3.61. The van der Waals surface area contributed by atoms with Crippen molar-refractivity contribution in [3.8, 4) is 6.07 Å². The maximum absolute atomic E-state index is 12.4. The molecule has 3 aromatic rings. The molecule has 0 fully saturated rings. The Kier molecular flexibility index (Phi) is 5.06. The second-order valence-electron chi connectivity index (χ2n) is 6.60. The molecule has 0 spiro atoms. The Hall–Kier alpha value is -3.10. The second-order valence-corrected chi connectivity index (χ2v) is 6.60. The number of nitrogens with one attached hydrogen (secondary N) is 1. The number of hydrogen-bond acceptors (Lipinski definition) is 3. The van der Waals surface area contributed by atoms with Crippen LogP contribution >= 0.6 is 0 Å². The van der Waals surface area contributed by atoms with E-state index in [4.69, 9.17) is 0 Å². The van der Waals surface area contributed by atoms with Crippen molar-refractivity contribution in [3.05, 3.63) is 71.0 Å². The Labute approximate surface area is 153 Å². The first kappa shape index (κ1) is 17.7. The van der Waals surface area contributed by atoms with Crippen LogP contribution in [0, 0.1) is 25.2 Å². The van der Waals surface area contributed by atoms with Crippen LogP contribution in [0.3, 0.4) is 0 Å². The molecule has 0 unspecified atom stereocenters. The Morgan fingerprint density at radius 1 is 1.23 bits per heavy atom. The Morgan fingerprint density at radius 2 is 2.04 bits per heavy atom. The van der Waals surface area contributed by atoms with Crippen molar-refractivity contribution in [1.82, 2.24) is 9.30 Å². The average Bonchev–Trinajstić information content (AvgIpc) is 2.95. The number of nitriles is 1.